The molecule has 0 aliphatic heterocycles. The van der Waals surface area contributed by atoms with Crippen molar-refractivity contribution in [2.75, 3.05) is 23.5 Å². The second-order valence-corrected chi connectivity index (χ2v) is 10.3. The lowest BCUT2D eigenvalue weighted by molar-refractivity contribution is 0.306. The topological polar surface area (TPSA) is 114 Å². The first-order chi connectivity index (χ1) is 17.3. The number of rotatable bonds is 9. The second kappa shape index (κ2) is 11.0. The molecule has 11 heteroatoms. The Balaban J connectivity index is 1.53. The number of nitrogens with one attached hydrogen (secondary N) is 1. The van der Waals surface area contributed by atoms with Gasteiger partial charge >= 0.3 is 0 Å². The Hall–Kier alpha value is -3.58. The lowest BCUT2D eigenvalue weighted by Crippen LogP contribution is -2.12. The summed E-state index contributed by atoms with van der Waals surface area (Å²) in [6.07, 6.45) is 2.59. The molecule has 0 atom stereocenters. The molecule has 0 amide bonds. The first kappa shape index (κ1) is 25.5. The monoisotopic (exact) mass is 542 g/mol. The molecular formula is C25H20Cl2N4O4S. The Kier molecular flexibility index (Phi) is 7.79. The van der Waals surface area contributed by atoms with Gasteiger partial charge in [0.2, 0.25) is 16.0 Å². The van der Waals surface area contributed by atoms with E-state index in [9.17, 15) is 13.7 Å². The first-order valence-corrected chi connectivity index (χ1v) is 13.5. The number of alkyl halides is 1. The van der Waals surface area contributed by atoms with Gasteiger partial charge in [0.15, 0.2) is 5.75 Å². The molecule has 0 bridgehead atoms. The molecule has 0 unspecified atom stereocenters. The maximum atomic E-state index is 11.5. The number of nitrogens with zero attached hydrogens (tertiary/aromatic N) is 3. The van der Waals surface area contributed by atoms with Crippen molar-refractivity contribution < 1.29 is 17.9 Å². The summed E-state index contributed by atoms with van der Waals surface area (Å²) in [6, 6.07) is 18.5. The van der Waals surface area contributed by atoms with Crippen molar-refractivity contribution in [2.45, 2.75) is 6.61 Å². The highest BCUT2D eigenvalue weighted by Gasteiger charge is 2.13. The van der Waals surface area contributed by atoms with Crippen LogP contribution in [-0.4, -0.2) is 37.1 Å². The van der Waals surface area contributed by atoms with Gasteiger partial charge in [-0.25, -0.2) is 18.4 Å². The van der Waals surface area contributed by atoms with Gasteiger partial charge in [0.05, 0.1) is 28.2 Å². The van der Waals surface area contributed by atoms with E-state index in [1.54, 1.807) is 18.3 Å². The van der Waals surface area contributed by atoms with Crippen LogP contribution in [0.25, 0.3) is 22.0 Å². The van der Waals surface area contributed by atoms with Crippen molar-refractivity contribution in [3.8, 4) is 28.7 Å². The van der Waals surface area contributed by atoms with Gasteiger partial charge in [-0.1, -0.05) is 35.9 Å². The molecule has 1 N–H and O–H groups in total. The van der Waals surface area contributed by atoms with Gasteiger partial charge in [-0.3, -0.25) is 4.72 Å². The molecule has 3 aromatic carbocycles. The Morgan fingerprint density at radius 3 is 2.67 bits per heavy atom. The van der Waals surface area contributed by atoms with Gasteiger partial charge < -0.3 is 9.47 Å². The van der Waals surface area contributed by atoms with E-state index in [1.165, 1.54) is 0 Å². The second-order valence-electron chi connectivity index (χ2n) is 7.76. The van der Waals surface area contributed by atoms with Crippen molar-refractivity contribution >= 4 is 50.1 Å². The summed E-state index contributed by atoms with van der Waals surface area (Å²) in [5.74, 6) is 1.22. The van der Waals surface area contributed by atoms with Crippen LogP contribution in [0, 0.1) is 11.3 Å². The standard InChI is InChI=1S/C25H20Cl2N4O4S/c1-36(32,33)31-25-29-14-18-6-5-16(9-23(18)30-25)15-35-21-4-2-3-17(11-21)19-10-20(13-28)24(22(27)12-19)34-8-7-26/h2-6,9-12,14H,7-8,15H2,1H3,(H,29,30,31). The maximum Gasteiger partial charge on any atom is 0.237 e. The summed E-state index contributed by atoms with van der Waals surface area (Å²) >= 11 is 12.1. The maximum absolute atomic E-state index is 11.5. The smallest absolute Gasteiger partial charge is 0.237 e. The summed E-state index contributed by atoms with van der Waals surface area (Å²) in [5, 5.41) is 10.6. The molecule has 1 aromatic heterocycles. The molecule has 0 radical (unpaired) electrons. The zero-order valence-corrected chi connectivity index (χ0v) is 21.4. The molecule has 4 aromatic rings. The van der Waals surface area contributed by atoms with E-state index < -0.39 is 10.0 Å². The summed E-state index contributed by atoms with van der Waals surface area (Å²) in [7, 11) is -3.48. The van der Waals surface area contributed by atoms with Crippen molar-refractivity contribution in [1.29, 1.82) is 5.26 Å². The number of nitriles is 1. The van der Waals surface area contributed by atoms with E-state index in [-0.39, 0.29) is 25.0 Å². The summed E-state index contributed by atoms with van der Waals surface area (Å²) in [5.41, 5.74) is 3.30. The van der Waals surface area contributed by atoms with Gasteiger partial charge in [-0.2, -0.15) is 5.26 Å². The normalized spacial score (nSPS) is 11.2. The minimum Gasteiger partial charge on any atom is -0.489 e. The van der Waals surface area contributed by atoms with Gasteiger partial charge in [0, 0.05) is 11.6 Å². The molecule has 0 fully saturated rings. The highest BCUT2D eigenvalue weighted by molar-refractivity contribution is 7.91. The van der Waals surface area contributed by atoms with Crippen LogP contribution in [-0.2, 0) is 16.6 Å². The molecule has 0 saturated carbocycles. The average molecular weight is 543 g/mol. The van der Waals surface area contributed by atoms with Crippen molar-refractivity contribution in [3.63, 3.8) is 0 Å². The van der Waals surface area contributed by atoms with Gasteiger partial charge in [-0.05, 0) is 47.0 Å². The number of halogens is 2. The average Bonchev–Trinajstić information content (AvgIpc) is 2.85. The fourth-order valence-electron chi connectivity index (χ4n) is 3.44. The summed E-state index contributed by atoms with van der Waals surface area (Å²) < 4.78 is 36.7. The third kappa shape index (κ3) is 6.34. The SMILES string of the molecule is CS(=O)(=O)Nc1ncc2ccc(COc3cccc(-c4cc(Cl)c(OCCCl)c(C#N)c4)c3)cc2n1. The Morgan fingerprint density at radius 1 is 1.08 bits per heavy atom. The Morgan fingerprint density at radius 2 is 1.92 bits per heavy atom. The summed E-state index contributed by atoms with van der Waals surface area (Å²) in [6.45, 7) is 0.503. The Labute approximate surface area is 218 Å². The van der Waals surface area contributed by atoms with Crippen molar-refractivity contribution in [3.05, 3.63) is 76.9 Å². The Bertz CT molecular complexity index is 1570. The van der Waals surface area contributed by atoms with E-state index in [0.29, 0.717) is 27.6 Å². The van der Waals surface area contributed by atoms with E-state index in [2.05, 4.69) is 20.8 Å². The largest absolute Gasteiger partial charge is 0.489 e. The van der Waals surface area contributed by atoms with E-state index in [1.807, 2.05) is 42.5 Å². The fraction of sp³-hybridized carbons (Fsp3) is 0.160. The number of ether oxygens (including phenoxy) is 2. The van der Waals surface area contributed by atoms with E-state index in [4.69, 9.17) is 32.7 Å². The van der Waals surface area contributed by atoms with Crippen LogP contribution in [0.2, 0.25) is 5.02 Å². The van der Waals surface area contributed by atoms with E-state index >= 15 is 0 Å². The molecule has 36 heavy (non-hydrogen) atoms. The first-order valence-electron chi connectivity index (χ1n) is 10.6. The highest BCUT2D eigenvalue weighted by Crippen LogP contribution is 2.35. The number of benzene rings is 3. The number of hydrogen-bond donors (Lipinski definition) is 1. The quantitative estimate of drug-likeness (QED) is 0.282. The minimum atomic E-state index is -3.48. The predicted octanol–water partition coefficient (Wildman–Crippen LogP) is 5.39. The third-order valence-corrected chi connectivity index (χ3v) is 5.97. The number of anilines is 1. The van der Waals surface area contributed by atoms with Crippen molar-refractivity contribution in [2.24, 2.45) is 0 Å². The third-order valence-electron chi connectivity index (χ3n) is 4.98. The number of aromatic nitrogens is 2. The van der Waals surface area contributed by atoms with Crippen LogP contribution in [0.5, 0.6) is 11.5 Å². The zero-order valence-electron chi connectivity index (χ0n) is 19.0. The van der Waals surface area contributed by atoms with Gasteiger partial charge in [0.1, 0.15) is 25.0 Å². The number of sulfonamides is 1. The van der Waals surface area contributed by atoms with Gasteiger partial charge in [0.25, 0.3) is 0 Å². The molecule has 8 nitrogen and oxygen atoms in total. The molecule has 0 spiro atoms. The highest BCUT2D eigenvalue weighted by atomic mass is 35.5. The number of fused-ring (bicyclic) bond motifs is 1. The van der Waals surface area contributed by atoms with Gasteiger partial charge in [-0.15, -0.1) is 11.6 Å². The zero-order chi connectivity index (χ0) is 25.7. The van der Waals surface area contributed by atoms with E-state index in [0.717, 1.165) is 28.3 Å². The minimum absolute atomic E-state index is 0.00486. The lowest BCUT2D eigenvalue weighted by Gasteiger charge is -2.12. The lowest BCUT2D eigenvalue weighted by atomic mass is 10.0. The molecule has 4 rings (SSSR count). The predicted molar refractivity (Wildman–Crippen MR) is 140 cm³/mol. The van der Waals surface area contributed by atoms with Crippen LogP contribution in [0.1, 0.15) is 11.1 Å². The van der Waals surface area contributed by atoms with Crippen LogP contribution in [0.15, 0.2) is 60.8 Å². The molecule has 0 aliphatic carbocycles. The van der Waals surface area contributed by atoms with Crippen LogP contribution in [0.3, 0.4) is 0 Å². The molecule has 0 saturated heterocycles. The molecule has 1 heterocycles. The summed E-state index contributed by atoms with van der Waals surface area (Å²) in [4.78, 5) is 8.28. The molecular weight excluding hydrogens is 523 g/mol. The van der Waals surface area contributed by atoms with Crippen molar-refractivity contribution in [1.82, 2.24) is 9.97 Å². The molecule has 0 aliphatic rings. The fourth-order valence-corrected chi connectivity index (χ4v) is 4.22. The molecule has 184 valence electrons. The van der Waals surface area contributed by atoms with Crippen LogP contribution >= 0.6 is 23.2 Å². The number of hydrogen-bond acceptors (Lipinski definition) is 7. The van der Waals surface area contributed by atoms with Crippen LogP contribution < -0.4 is 14.2 Å². The van der Waals surface area contributed by atoms with Crippen LogP contribution in [0.4, 0.5) is 5.95 Å².